The molecule has 0 fully saturated rings. The standard InChI is InChI=1S/C18H20N6/c1-5-10-23-15-9-7-6-8-14(15)16-17(23)19-18(21-20-16)24-13(4)11(2)12(3)22-24/h6-9H,5,10H2,1-4H3. The lowest BCUT2D eigenvalue weighted by Crippen LogP contribution is -2.08. The summed E-state index contributed by atoms with van der Waals surface area (Å²) in [7, 11) is 0. The molecule has 3 heterocycles. The quantitative estimate of drug-likeness (QED) is 0.579. The first-order valence-corrected chi connectivity index (χ1v) is 8.26. The molecule has 0 spiro atoms. The number of fused-ring (bicyclic) bond motifs is 3. The van der Waals surface area contributed by atoms with Crippen molar-refractivity contribution >= 4 is 22.1 Å². The van der Waals surface area contributed by atoms with Gasteiger partial charge in [-0.3, -0.25) is 0 Å². The van der Waals surface area contributed by atoms with Crippen molar-refractivity contribution in [1.82, 2.24) is 29.5 Å². The van der Waals surface area contributed by atoms with E-state index in [0.29, 0.717) is 5.95 Å². The predicted octanol–water partition coefficient (Wildman–Crippen LogP) is 3.50. The number of aryl methyl sites for hydroxylation is 2. The number of nitrogens with zero attached hydrogens (tertiary/aromatic N) is 6. The summed E-state index contributed by atoms with van der Waals surface area (Å²) in [5.41, 5.74) is 6.07. The van der Waals surface area contributed by atoms with Gasteiger partial charge in [-0.2, -0.15) is 10.1 Å². The third-order valence-electron chi connectivity index (χ3n) is 4.65. The Bertz CT molecular complexity index is 1060. The zero-order chi connectivity index (χ0) is 16.8. The Labute approximate surface area is 140 Å². The Kier molecular flexibility index (Phi) is 3.33. The average Bonchev–Trinajstić information content (AvgIpc) is 3.05. The van der Waals surface area contributed by atoms with Crippen molar-refractivity contribution in [2.24, 2.45) is 0 Å². The topological polar surface area (TPSA) is 61.4 Å². The van der Waals surface area contributed by atoms with Gasteiger partial charge >= 0.3 is 0 Å². The summed E-state index contributed by atoms with van der Waals surface area (Å²) in [6, 6.07) is 8.26. The Morgan fingerprint density at radius 1 is 1.04 bits per heavy atom. The van der Waals surface area contributed by atoms with Gasteiger partial charge in [0, 0.05) is 17.6 Å². The molecule has 0 atom stereocenters. The molecule has 4 rings (SSSR count). The number of rotatable bonds is 3. The molecule has 0 amide bonds. The second-order valence-electron chi connectivity index (χ2n) is 6.16. The van der Waals surface area contributed by atoms with E-state index < -0.39 is 0 Å². The first-order chi connectivity index (χ1) is 11.6. The largest absolute Gasteiger partial charge is 0.324 e. The molecule has 6 nitrogen and oxygen atoms in total. The SMILES string of the molecule is CCCn1c2ccccc2c2nnc(-n3nc(C)c(C)c3C)nc21. The van der Waals surface area contributed by atoms with Crippen molar-refractivity contribution in [1.29, 1.82) is 0 Å². The molecule has 6 heteroatoms. The highest BCUT2D eigenvalue weighted by molar-refractivity contribution is 6.04. The summed E-state index contributed by atoms with van der Waals surface area (Å²) in [4.78, 5) is 4.81. The Morgan fingerprint density at radius 2 is 1.83 bits per heavy atom. The number of hydrogen-bond donors (Lipinski definition) is 0. The van der Waals surface area contributed by atoms with Crippen LogP contribution >= 0.6 is 0 Å². The molecule has 0 aliphatic rings. The summed E-state index contributed by atoms with van der Waals surface area (Å²) in [5, 5.41) is 14.5. The lowest BCUT2D eigenvalue weighted by molar-refractivity contribution is 0.705. The van der Waals surface area contributed by atoms with Crippen molar-refractivity contribution in [2.75, 3.05) is 0 Å². The van der Waals surface area contributed by atoms with Gasteiger partial charge < -0.3 is 4.57 Å². The molecule has 0 bridgehead atoms. The molecule has 4 aromatic rings. The van der Waals surface area contributed by atoms with Crippen LogP contribution in [0, 0.1) is 20.8 Å². The van der Waals surface area contributed by atoms with Crippen molar-refractivity contribution < 1.29 is 0 Å². The fourth-order valence-electron chi connectivity index (χ4n) is 3.15. The minimum Gasteiger partial charge on any atom is -0.324 e. The second-order valence-corrected chi connectivity index (χ2v) is 6.16. The number of benzene rings is 1. The van der Waals surface area contributed by atoms with Crippen LogP contribution in [0.25, 0.3) is 28.0 Å². The van der Waals surface area contributed by atoms with Crippen LogP contribution in [-0.2, 0) is 6.54 Å². The van der Waals surface area contributed by atoms with Crippen LogP contribution in [0.15, 0.2) is 24.3 Å². The maximum Gasteiger partial charge on any atom is 0.272 e. The minimum absolute atomic E-state index is 0.524. The summed E-state index contributed by atoms with van der Waals surface area (Å²) < 4.78 is 4.01. The monoisotopic (exact) mass is 320 g/mol. The van der Waals surface area contributed by atoms with Crippen LogP contribution in [0.4, 0.5) is 0 Å². The van der Waals surface area contributed by atoms with Crippen LogP contribution < -0.4 is 0 Å². The van der Waals surface area contributed by atoms with E-state index in [2.05, 4.69) is 45.8 Å². The van der Waals surface area contributed by atoms with Crippen molar-refractivity contribution in [3.05, 3.63) is 41.2 Å². The van der Waals surface area contributed by atoms with Gasteiger partial charge in [0.15, 0.2) is 5.65 Å². The van der Waals surface area contributed by atoms with E-state index in [0.717, 1.165) is 52.0 Å². The van der Waals surface area contributed by atoms with E-state index in [-0.39, 0.29) is 0 Å². The zero-order valence-corrected chi connectivity index (χ0v) is 14.4. The normalized spacial score (nSPS) is 11.7. The lowest BCUT2D eigenvalue weighted by Gasteiger charge is -2.05. The highest BCUT2D eigenvalue weighted by Crippen LogP contribution is 2.26. The molecule has 0 N–H and O–H groups in total. The molecule has 1 aromatic carbocycles. The molecule has 0 aliphatic carbocycles. The van der Waals surface area contributed by atoms with Gasteiger partial charge in [0.2, 0.25) is 0 Å². The molecule has 24 heavy (non-hydrogen) atoms. The third-order valence-corrected chi connectivity index (χ3v) is 4.65. The highest BCUT2D eigenvalue weighted by Gasteiger charge is 2.17. The van der Waals surface area contributed by atoms with Gasteiger partial charge in [-0.05, 0) is 38.8 Å². The smallest absolute Gasteiger partial charge is 0.272 e. The van der Waals surface area contributed by atoms with Crippen molar-refractivity contribution in [3.8, 4) is 5.95 Å². The highest BCUT2D eigenvalue weighted by atomic mass is 15.4. The van der Waals surface area contributed by atoms with Crippen molar-refractivity contribution in [3.63, 3.8) is 0 Å². The third kappa shape index (κ3) is 2.02. The lowest BCUT2D eigenvalue weighted by atomic mass is 10.2. The average molecular weight is 320 g/mol. The van der Waals surface area contributed by atoms with Crippen LogP contribution in [-0.4, -0.2) is 29.5 Å². The number of aromatic nitrogens is 6. The van der Waals surface area contributed by atoms with Gasteiger partial charge in [0.05, 0.1) is 11.2 Å². The van der Waals surface area contributed by atoms with Crippen LogP contribution in [0.3, 0.4) is 0 Å². The summed E-state index contributed by atoms with van der Waals surface area (Å²) in [5.74, 6) is 0.524. The maximum absolute atomic E-state index is 4.81. The zero-order valence-electron chi connectivity index (χ0n) is 14.4. The molecule has 0 aliphatic heterocycles. The number of para-hydroxylation sites is 1. The van der Waals surface area contributed by atoms with Gasteiger partial charge in [-0.25, -0.2) is 4.68 Å². The van der Waals surface area contributed by atoms with Crippen LogP contribution in [0.5, 0.6) is 0 Å². The minimum atomic E-state index is 0.524. The molecular weight excluding hydrogens is 300 g/mol. The predicted molar refractivity (Wildman–Crippen MR) is 94.5 cm³/mol. The van der Waals surface area contributed by atoms with Gasteiger partial charge in [-0.15, -0.1) is 10.2 Å². The second kappa shape index (κ2) is 5.40. The van der Waals surface area contributed by atoms with Gasteiger partial charge in [0.1, 0.15) is 5.52 Å². The molecule has 0 radical (unpaired) electrons. The first kappa shape index (κ1) is 14.8. The van der Waals surface area contributed by atoms with E-state index in [1.165, 1.54) is 0 Å². The number of hydrogen-bond acceptors (Lipinski definition) is 4. The Hall–Kier alpha value is -2.76. The molecule has 0 unspecified atom stereocenters. The summed E-state index contributed by atoms with van der Waals surface area (Å²) in [6.45, 7) is 9.16. The molecule has 0 saturated heterocycles. The van der Waals surface area contributed by atoms with Crippen LogP contribution in [0.2, 0.25) is 0 Å². The Morgan fingerprint density at radius 3 is 2.54 bits per heavy atom. The summed E-state index contributed by atoms with van der Waals surface area (Å²) >= 11 is 0. The van der Waals surface area contributed by atoms with E-state index in [4.69, 9.17) is 4.98 Å². The van der Waals surface area contributed by atoms with Gasteiger partial charge in [0.25, 0.3) is 5.95 Å². The fraction of sp³-hybridized carbons (Fsp3) is 0.333. The molecule has 3 aromatic heterocycles. The van der Waals surface area contributed by atoms with Crippen LogP contribution in [0.1, 0.15) is 30.3 Å². The molecule has 122 valence electrons. The van der Waals surface area contributed by atoms with E-state index in [1.807, 2.05) is 26.0 Å². The van der Waals surface area contributed by atoms with E-state index >= 15 is 0 Å². The summed E-state index contributed by atoms with van der Waals surface area (Å²) in [6.07, 6.45) is 1.03. The van der Waals surface area contributed by atoms with Gasteiger partial charge in [-0.1, -0.05) is 25.1 Å². The Balaban J connectivity index is 2.02. The molecule has 0 saturated carbocycles. The first-order valence-electron chi connectivity index (χ1n) is 8.26. The van der Waals surface area contributed by atoms with E-state index in [9.17, 15) is 0 Å². The maximum atomic E-state index is 4.81. The van der Waals surface area contributed by atoms with E-state index in [1.54, 1.807) is 4.68 Å². The van der Waals surface area contributed by atoms with Crippen molar-refractivity contribution in [2.45, 2.75) is 40.7 Å². The molecular formula is C18H20N6. The fourth-order valence-corrected chi connectivity index (χ4v) is 3.15.